The maximum Gasteiger partial charge on any atom is 0.250 e. The zero-order valence-electron chi connectivity index (χ0n) is 17.5. The Kier molecular flexibility index (Phi) is 9.35. The van der Waals surface area contributed by atoms with Crippen LogP contribution in [0, 0.1) is 6.92 Å². The van der Waals surface area contributed by atoms with E-state index in [1.807, 2.05) is 48.2 Å². The molecule has 2 heterocycles. The second kappa shape index (κ2) is 11.7. The van der Waals surface area contributed by atoms with E-state index in [1.54, 1.807) is 23.7 Å². The Balaban J connectivity index is 0.00000320. The summed E-state index contributed by atoms with van der Waals surface area (Å²) in [6.07, 6.45) is 2.27. The minimum atomic E-state index is 0. The number of hydrogen-bond acceptors (Lipinski definition) is 3. The number of nitrogens with zero attached hydrogens (tertiary/aromatic N) is 3. The van der Waals surface area contributed by atoms with E-state index in [0.29, 0.717) is 25.5 Å². The number of aromatic nitrogens is 1. The number of aryl methyl sites for hydroxylation is 1. The SMILES string of the molecule is CN=C(NCCCCn1c(C)cccc1=O)NC1CC(=O)N(c2ccccc2)C1.I. The van der Waals surface area contributed by atoms with E-state index in [2.05, 4.69) is 15.6 Å². The van der Waals surface area contributed by atoms with Gasteiger partial charge in [-0.1, -0.05) is 24.3 Å². The number of aliphatic imine (C=N–C) groups is 1. The number of guanidine groups is 1. The van der Waals surface area contributed by atoms with Crippen molar-refractivity contribution in [2.75, 3.05) is 25.0 Å². The van der Waals surface area contributed by atoms with Crippen LogP contribution in [0.5, 0.6) is 0 Å². The van der Waals surface area contributed by atoms with Gasteiger partial charge in [-0.05, 0) is 38.0 Å². The molecule has 0 saturated carbocycles. The molecule has 1 aromatic carbocycles. The van der Waals surface area contributed by atoms with Crippen LogP contribution in [0.2, 0.25) is 0 Å². The molecule has 0 aliphatic carbocycles. The molecule has 1 fully saturated rings. The number of carbonyl (C=O) groups is 1. The predicted molar refractivity (Wildman–Crippen MR) is 132 cm³/mol. The molecule has 1 aliphatic heterocycles. The van der Waals surface area contributed by atoms with Crippen LogP contribution in [0.4, 0.5) is 5.69 Å². The van der Waals surface area contributed by atoms with Crippen molar-refractivity contribution in [1.29, 1.82) is 0 Å². The van der Waals surface area contributed by atoms with Crippen LogP contribution < -0.4 is 21.1 Å². The molecule has 162 valence electrons. The highest BCUT2D eigenvalue weighted by atomic mass is 127. The Bertz CT molecular complexity index is 913. The normalized spacial score (nSPS) is 16.3. The summed E-state index contributed by atoms with van der Waals surface area (Å²) in [5.74, 6) is 0.818. The van der Waals surface area contributed by atoms with E-state index in [0.717, 1.165) is 30.8 Å². The van der Waals surface area contributed by atoms with E-state index in [1.165, 1.54) is 0 Å². The Morgan fingerprint density at radius 3 is 2.57 bits per heavy atom. The second-order valence-electron chi connectivity index (χ2n) is 7.25. The Morgan fingerprint density at radius 1 is 1.10 bits per heavy atom. The van der Waals surface area contributed by atoms with Gasteiger partial charge in [0.2, 0.25) is 5.91 Å². The average molecular weight is 523 g/mol. The number of halogens is 1. The summed E-state index contributed by atoms with van der Waals surface area (Å²) < 4.78 is 1.80. The molecule has 1 aromatic heterocycles. The molecule has 2 aromatic rings. The van der Waals surface area contributed by atoms with Gasteiger partial charge in [-0.25, -0.2) is 0 Å². The van der Waals surface area contributed by atoms with Crippen molar-refractivity contribution in [3.63, 3.8) is 0 Å². The lowest BCUT2D eigenvalue weighted by atomic mass is 10.2. The third-order valence-corrected chi connectivity index (χ3v) is 5.13. The molecule has 0 spiro atoms. The lowest BCUT2D eigenvalue weighted by Gasteiger charge is -2.19. The molecule has 1 atom stereocenters. The van der Waals surface area contributed by atoms with Crippen LogP contribution in [0.25, 0.3) is 0 Å². The first-order chi connectivity index (χ1) is 14.1. The van der Waals surface area contributed by atoms with Crippen molar-refractivity contribution in [3.05, 3.63) is 64.6 Å². The Morgan fingerprint density at radius 2 is 1.87 bits per heavy atom. The lowest BCUT2D eigenvalue weighted by Crippen LogP contribution is -2.44. The maximum atomic E-state index is 12.3. The van der Waals surface area contributed by atoms with Crippen molar-refractivity contribution >= 4 is 41.5 Å². The number of anilines is 1. The van der Waals surface area contributed by atoms with Gasteiger partial charge >= 0.3 is 0 Å². The monoisotopic (exact) mass is 523 g/mol. The highest BCUT2D eigenvalue weighted by Crippen LogP contribution is 2.20. The van der Waals surface area contributed by atoms with Crippen molar-refractivity contribution in [2.45, 2.75) is 38.8 Å². The maximum absolute atomic E-state index is 12.3. The van der Waals surface area contributed by atoms with Gasteiger partial charge in [0, 0.05) is 50.6 Å². The van der Waals surface area contributed by atoms with E-state index in [9.17, 15) is 9.59 Å². The molecule has 1 unspecified atom stereocenters. The molecule has 8 heteroatoms. The van der Waals surface area contributed by atoms with E-state index in [4.69, 9.17) is 0 Å². The van der Waals surface area contributed by atoms with Crippen molar-refractivity contribution in [2.24, 2.45) is 4.99 Å². The number of hydrogen-bond donors (Lipinski definition) is 2. The fourth-order valence-corrected chi connectivity index (χ4v) is 3.56. The highest BCUT2D eigenvalue weighted by Gasteiger charge is 2.30. The van der Waals surface area contributed by atoms with Gasteiger partial charge < -0.3 is 20.1 Å². The predicted octanol–water partition coefficient (Wildman–Crippen LogP) is 2.53. The molecule has 1 amide bonds. The standard InChI is InChI=1S/C22H29N5O2.HI/c1-17-9-8-12-20(28)26(17)14-7-6-13-24-22(23-2)25-18-15-21(29)27(16-18)19-10-4-3-5-11-19;/h3-5,8-12,18H,6-7,13-16H2,1-2H3,(H2,23,24,25);1H. The second-order valence-corrected chi connectivity index (χ2v) is 7.25. The molecule has 7 nitrogen and oxygen atoms in total. The van der Waals surface area contributed by atoms with Crippen molar-refractivity contribution < 1.29 is 4.79 Å². The van der Waals surface area contributed by atoms with Crippen LogP contribution >= 0.6 is 24.0 Å². The lowest BCUT2D eigenvalue weighted by molar-refractivity contribution is -0.117. The Labute approximate surface area is 194 Å². The molecule has 0 bridgehead atoms. The number of nitrogens with one attached hydrogen (secondary N) is 2. The third-order valence-electron chi connectivity index (χ3n) is 5.13. The fraction of sp³-hybridized carbons (Fsp3) is 0.409. The summed E-state index contributed by atoms with van der Waals surface area (Å²) in [5, 5.41) is 6.65. The van der Waals surface area contributed by atoms with Gasteiger partial charge in [-0.2, -0.15) is 0 Å². The zero-order valence-corrected chi connectivity index (χ0v) is 19.8. The Hall–Kier alpha value is -2.36. The number of unbranched alkanes of at least 4 members (excludes halogenated alkanes) is 1. The molecule has 3 rings (SSSR count). The number of carbonyl (C=O) groups excluding carboxylic acids is 1. The summed E-state index contributed by atoms with van der Waals surface area (Å²) in [6.45, 7) is 4.04. The number of para-hydroxylation sites is 1. The number of rotatable bonds is 7. The number of benzene rings is 1. The minimum absolute atomic E-state index is 0. The average Bonchev–Trinajstić information content (AvgIpc) is 3.09. The van der Waals surface area contributed by atoms with Crippen LogP contribution in [0.3, 0.4) is 0 Å². The summed E-state index contributed by atoms with van der Waals surface area (Å²) in [4.78, 5) is 30.3. The van der Waals surface area contributed by atoms with E-state index >= 15 is 0 Å². The number of pyridine rings is 1. The minimum Gasteiger partial charge on any atom is -0.356 e. The topological polar surface area (TPSA) is 78.7 Å². The highest BCUT2D eigenvalue weighted by molar-refractivity contribution is 14.0. The van der Waals surface area contributed by atoms with Gasteiger partial charge in [0.25, 0.3) is 5.56 Å². The van der Waals surface area contributed by atoms with E-state index < -0.39 is 0 Å². The smallest absolute Gasteiger partial charge is 0.250 e. The summed E-state index contributed by atoms with van der Waals surface area (Å²) in [6, 6.07) is 15.1. The number of amides is 1. The quantitative estimate of drug-likeness (QED) is 0.253. The van der Waals surface area contributed by atoms with E-state index in [-0.39, 0.29) is 41.5 Å². The first kappa shape index (κ1) is 23.9. The van der Waals surface area contributed by atoms with Gasteiger partial charge in [0.1, 0.15) is 0 Å². The first-order valence-corrected chi connectivity index (χ1v) is 10.1. The molecular formula is C22H30IN5O2. The molecule has 30 heavy (non-hydrogen) atoms. The molecular weight excluding hydrogens is 493 g/mol. The van der Waals surface area contributed by atoms with Gasteiger partial charge in [0.05, 0.1) is 6.04 Å². The van der Waals surface area contributed by atoms with Crippen LogP contribution in [-0.4, -0.2) is 42.6 Å². The van der Waals surface area contributed by atoms with Gasteiger partial charge in [-0.15, -0.1) is 24.0 Å². The zero-order chi connectivity index (χ0) is 20.6. The largest absolute Gasteiger partial charge is 0.356 e. The van der Waals surface area contributed by atoms with Gasteiger partial charge in [0.15, 0.2) is 5.96 Å². The summed E-state index contributed by atoms with van der Waals surface area (Å²) in [5.41, 5.74) is 1.96. The van der Waals surface area contributed by atoms with Crippen molar-refractivity contribution in [3.8, 4) is 0 Å². The van der Waals surface area contributed by atoms with Crippen LogP contribution in [0.15, 0.2) is 58.3 Å². The summed E-state index contributed by atoms with van der Waals surface area (Å²) >= 11 is 0. The molecule has 1 aliphatic rings. The first-order valence-electron chi connectivity index (χ1n) is 10.1. The molecule has 0 radical (unpaired) electrons. The van der Waals surface area contributed by atoms with Crippen molar-refractivity contribution in [1.82, 2.24) is 15.2 Å². The summed E-state index contributed by atoms with van der Waals surface area (Å²) in [7, 11) is 1.73. The third kappa shape index (κ3) is 6.32. The fourth-order valence-electron chi connectivity index (χ4n) is 3.56. The van der Waals surface area contributed by atoms with Gasteiger partial charge in [-0.3, -0.25) is 14.6 Å². The van der Waals surface area contributed by atoms with Crippen LogP contribution in [-0.2, 0) is 11.3 Å². The molecule has 1 saturated heterocycles. The molecule has 2 N–H and O–H groups in total. The van der Waals surface area contributed by atoms with Crippen LogP contribution in [0.1, 0.15) is 25.0 Å².